The zero-order valence-corrected chi connectivity index (χ0v) is 10.3. The summed E-state index contributed by atoms with van der Waals surface area (Å²) < 4.78 is 17.7. The van der Waals surface area contributed by atoms with Crippen LogP contribution in [0.1, 0.15) is 5.56 Å². The molecule has 0 spiro atoms. The number of amides is 2. The maximum atomic E-state index is 12.7. The van der Waals surface area contributed by atoms with E-state index in [4.69, 9.17) is 4.74 Å². The van der Waals surface area contributed by atoms with Gasteiger partial charge in [0.25, 0.3) is 0 Å². The molecule has 6 heteroatoms. The highest BCUT2D eigenvalue weighted by atomic mass is 19.1. The van der Waals surface area contributed by atoms with Crippen LogP contribution < -0.4 is 10.6 Å². The second kappa shape index (κ2) is 6.29. The van der Waals surface area contributed by atoms with Gasteiger partial charge in [-0.25, -0.2) is 4.39 Å². The van der Waals surface area contributed by atoms with Gasteiger partial charge < -0.3 is 15.4 Å². The van der Waals surface area contributed by atoms with Crippen molar-refractivity contribution >= 4 is 11.8 Å². The molecule has 5 nitrogen and oxygen atoms in total. The Bertz CT molecular complexity index is 461. The maximum Gasteiger partial charge on any atom is 0.246 e. The highest BCUT2D eigenvalue weighted by molar-refractivity contribution is 5.89. The standard InChI is InChI=1S/C13H15FN2O3/c14-10-3-1-9(2-4-10)5-6-15-13(18)11-7-19-8-12(17)16-11/h1-4,11H,5-8H2,(H,15,18)(H,16,17). The second-order valence-corrected chi connectivity index (χ2v) is 4.30. The molecule has 0 aliphatic carbocycles. The van der Waals surface area contributed by atoms with Crippen molar-refractivity contribution in [3.63, 3.8) is 0 Å². The zero-order chi connectivity index (χ0) is 13.7. The molecule has 1 heterocycles. The molecular weight excluding hydrogens is 251 g/mol. The molecule has 2 amide bonds. The first-order valence-electron chi connectivity index (χ1n) is 6.04. The maximum absolute atomic E-state index is 12.7. The molecule has 1 aliphatic rings. The minimum atomic E-state index is -0.630. The van der Waals surface area contributed by atoms with E-state index in [1.807, 2.05) is 0 Å². The Balaban J connectivity index is 1.74. The number of hydrogen-bond donors (Lipinski definition) is 2. The summed E-state index contributed by atoms with van der Waals surface area (Å²) in [6.07, 6.45) is 0.605. The van der Waals surface area contributed by atoms with Gasteiger partial charge in [-0.2, -0.15) is 0 Å². The van der Waals surface area contributed by atoms with Crippen LogP contribution in [0.15, 0.2) is 24.3 Å². The van der Waals surface area contributed by atoms with Crippen LogP contribution in [0.4, 0.5) is 4.39 Å². The Morgan fingerprint density at radius 2 is 2.16 bits per heavy atom. The van der Waals surface area contributed by atoms with Crippen LogP contribution in [-0.2, 0) is 20.7 Å². The van der Waals surface area contributed by atoms with Crippen molar-refractivity contribution in [3.05, 3.63) is 35.6 Å². The SMILES string of the molecule is O=C1COCC(C(=O)NCCc2ccc(F)cc2)N1. The number of carbonyl (C=O) groups is 2. The third-order valence-electron chi connectivity index (χ3n) is 2.80. The Kier molecular flexibility index (Phi) is 4.46. The average Bonchev–Trinajstić information content (AvgIpc) is 2.41. The molecule has 1 aliphatic heterocycles. The molecule has 1 aromatic carbocycles. The average molecular weight is 266 g/mol. The summed E-state index contributed by atoms with van der Waals surface area (Å²) >= 11 is 0. The van der Waals surface area contributed by atoms with Crippen LogP contribution in [-0.4, -0.2) is 37.6 Å². The van der Waals surface area contributed by atoms with E-state index in [9.17, 15) is 14.0 Å². The van der Waals surface area contributed by atoms with Gasteiger partial charge >= 0.3 is 0 Å². The number of nitrogens with one attached hydrogen (secondary N) is 2. The van der Waals surface area contributed by atoms with Gasteiger partial charge in [0, 0.05) is 6.54 Å². The van der Waals surface area contributed by atoms with E-state index in [0.717, 1.165) is 5.56 Å². The van der Waals surface area contributed by atoms with Crippen molar-refractivity contribution in [1.82, 2.24) is 10.6 Å². The lowest BCUT2D eigenvalue weighted by Gasteiger charge is -2.22. The Morgan fingerprint density at radius 3 is 2.84 bits per heavy atom. The quantitative estimate of drug-likeness (QED) is 0.806. The van der Waals surface area contributed by atoms with Crippen molar-refractivity contribution < 1.29 is 18.7 Å². The fourth-order valence-electron chi connectivity index (χ4n) is 1.79. The third kappa shape index (κ3) is 4.03. The van der Waals surface area contributed by atoms with Crippen LogP contribution in [0.5, 0.6) is 0 Å². The highest BCUT2D eigenvalue weighted by Crippen LogP contribution is 2.03. The molecular formula is C13H15FN2O3. The molecule has 1 saturated heterocycles. The number of hydrogen-bond acceptors (Lipinski definition) is 3. The smallest absolute Gasteiger partial charge is 0.246 e. The summed E-state index contributed by atoms with van der Waals surface area (Å²) in [4.78, 5) is 22.8. The minimum Gasteiger partial charge on any atom is -0.369 e. The predicted molar refractivity (Wildman–Crippen MR) is 65.9 cm³/mol. The highest BCUT2D eigenvalue weighted by Gasteiger charge is 2.24. The molecule has 0 radical (unpaired) electrons. The van der Waals surface area contributed by atoms with Gasteiger partial charge in [0.2, 0.25) is 11.8 Å². The molecule has 19 heavy (non-hydrogen) atoms. The first kappa shape index (κ1) is 13.5. The van der Waals surface area contributed by atoms with Gasteiger partial charge in [-0.15, -0.1) is 0 Å². The second-order valence-electron chi connectivity index (χ2n) is 4.30. The molecule has 1 aromatic rings. The summed E-state index contributed by atoms with van der Waals surface area (Å²) in [7, 11) is 0. The van der Waals surface area contributed by atoms with Crippen LogP contribution in [0, 0.1) is 5.82 Å². The fraction of sp³-hybridized carbons (Fsp3) is 0.385. The van der Waals surface area contributed by atoms with Crippen LogP contribution in [0.2, 0.25) is 0 Å². The lowest BCUT2D eigenvalue weighted by molar-refractivity contribution is -0.138. The Morgan fingerprint density at radius 1 is 1.42 bits per heavy atom. The van der Waals surface area contributed by atoms with Crippen molar-refractivity contribution in [2.75, 3.05) is 19.8 Å². The fourth-order valence-corrected chi connectivity index (χ4v) is 1.79. The predicted octanol–water partition coefficient (Wildman–Crippen LogP) is -0.000600. The van der Waals surface area contributed by atoms with Gasteiger partial charge in [-0.3, -0.25) is 9.59 Å². The molecule has 1 unspecified atom stereocenters. The molecule has 1 fully saturated rings. The summed E-state index contributed by atoms with van der Waals surface area (Å²) in [5, 5.41) is 5.26. The largest absolute Gasteiger partial charge is 0.369 e. The monoisotopic (exact) mass is 266 g/mol. The lowest BCUT2D eigenvalue weighted by Crippen LogP contribution is -2.54. The lowest BCUT2D eigenvalue weighted by atomic mass is 10.1. The van der Waals surface area contributed by atoms with Gasteiger partial charge in [-0.1, -0.05) is 12.1 Å². The molecule has 102 valence electrons. The number of morpholine rings is 1. The van der Waals surface area contributed by atoms with Crippen molar-refractivity contribution in [2.45, 2.75) is 12.5 Å². The van der Waals surface area contributed by atoms with Gasteiger partial charge in [-0.05, 0) is 24.1 Å². The number of ether oxygens (including phenoxy) is 1. The van der Waals surface area contributed by atoms with E-state index >= 15 is 0 Å². The van der Waals surface area contributed by atoms with E-state index in [0.29, 0.717) is 13.0 Å². The van der Waals surface area contributed by atoms with E-state index in [1.54, 1.807) is 12.1 Å². The van der Waals surface area contributed by atoms with Crippen LogP contribution in [0.25, 0.3) is 0 Å². The van der Waals surface area contributed by atoms with Crippen LogP contribution >= 0.6 is 0 Å². The number of rotatable bonds is 4. The molecule has 0 saturated carbocycles. The summed E-state index contributed by atoms with van der Waals surface area (Å²) in [6, 6.07) is 5.48. The first-order chi connectivity index (χ1) is 9.15. The summed E-state index contributed by atoms with van der Waals surface area (Å²) in [5.41, 5.74) is 0.936. The summed E-state index contributed by atoms with van der Waals surface area (Å²) in [5.74, 6) is -0.838. The van der Waals surface area contributed by atoms with Gasteiger partial charge in [0.15, 0.2) is 0 Å². The molecule has 0 aromatic heterocycles. The minimum absolute atomic E-state index is 0.000635. The number of halogens is 1. The Labute approximate surface area is 110 Å². The zero-order valence-electron chi connectivity index (χ0n) is 10.3. The topological polar surface area (TPSA) is 67.4 Å². The van der Waals surface area contributed by atoms with Gasteiger partial charge in [0.1, 0.15) is 18.5 Å². The van der Waals surface area contributed by atoms with Crippen LogP contribution in [0.3, 0.4) is 0 Å². The molecule has 2 rings (SSSR count). The molecule has 0 bridgehead atoms. The van der Waals surface area contributed by atoms with Crippen molar-refractivity contribution in [3.8, 4) is 0 Å². The van der Waals surface area contributed by atoms with Gasteiger partial charge in [0.05, 0.1) is 6.61 Å². The first-order valence-corrected chi connectivity index (χ1v) is 6.04. The molecule has 1 atom stereocenters. The normalized spacial score (nSPS) is 18.8. The van der Waals surface area contributed by atoms with E-state index in [-0.39, 0.29) is 30.8 Å². The van der Waals surface area contributed by atoms with E-state index in [2.05, 4.69) is 10.6 Å². The third-order valence-corrected chi connectivity index (χ3v) is 2.80. The number of carbonyl (C=O) groups excluding carboxylic acids is 2. The van der Waals surface area contributed by atoms with Crippen molar-refractivity contribution in [2.24, 2.45) is 0 Å². The summed E-state index contributed by atoms with van der Waals surface area (Å²) in [6.45, 7) is 0.615. The Hall–Kier alpha value is -1.95. The van der Waals surface area contributed by atoms with E-state index in [1.165, 1.54) is 12.1 Å². The van der Waals surface area contributed by atoms with E-state index < -0.39 is 6.04 Å². The number of benzene rings is 1. The molecule has 2 N–H and O–H groups in total. The van der Waals surface area contributed by atoms with Crippen molar-refractivity contribution in [1.29, 1.82) is 0 Å².